The third kappa shape index (κ3) is 1.49. The molecule has 2 aliphatic carbocycles. The van der Waals surface area contributed by atoms with Gasteiger partial charge in [0.25, 0.3) is 5.69 Å². The second kappa shape index (κ2) is 3.76. The van der Waals surface area contributed by atoms with Gasteiger partial charge in [-0.1, -0.05) is 5.22 Å². The van der Waals surface area contributed by atoms with Crippen molar-refractivity contribution in [2.24, 2.45) is 22.2 Å². The van der Waals surface area contributed by atoms with Gasteiger partial charge in [-0.05, 0) is 43.2 Å². The molecular formula is C13H14N4O2. The van der Waals surface area contributed by atoms with Crippen LogP contribution in [0.3, 0.4) is 0 Å². The fourth-order valence-corrected chi connectivity index (χ4v) is 3.86. The zero-order valence-corrected chi connectivity index (χ0v) is 10.3. The minimum absolute atomic E-state index is 0.115. The van der Waals surface area contributed by atoms with Crippen molar-refractivity contribution in [3.05, 3.63) is 34.4 Å². The Balaban J connectivity index is 1.63. The maximum Gasteiger partial charge on any atom is 0.269 e. The third-order valence-corrected chi connectivity index (χ3v) is 4.72. The standard InChI is InChI=1S/C13H14N4O2/c18-17(19)11-5-3-10(4-6-11)16-13-9-2-1-8(7-9)12(13)14-15-16/h3-6,8-9,12-13H,1-2,7H2/t8-,9+,12+,13-/m0/s1/i14+1,15+1. The minimum atomic E-state index is -0.379. The molecule has 0 amide bonds. The number of fused-ring (bicyclic) bond motifs is 5. The van der Waals surface area contributed by atoms with Crippen molar-refractivity contribution in [3.8, 4) is 0 Å². The summed E-state index contributed by atoms with van der Waals surface area (Å²) in [5, 5.41) is 21.3. The number of hydrogen-bond donors (Lipinski definition) is 0. The molecule has 1 heterocycles. The van der Waals surface area contributed by atoms with Gasteiger partial charge >= 0.3 is 0 Å². The third-order valence-electron chi connectivity index (χ3n) is 4.72. The predicted octanol–water partition coefficient (Wildman–Crippen LogP) is 2.95. The highest BCUT2D eigenvalue weighted by Crippen LogP contribution is 2.51. The van der Waals surface area contributed by atoms with E-state index in [0.29, 0.717) is 23.9 Å². The molecule has 1 aliphatic heterocycles. The first kappa shape index (κ1) is 10.9. The van der Waals surface area contributed by atoms with E-state index in [1.54, 1.807) is 12.1 Å². The van der Waals surface area contributed by atoms with Crippen LogP contribution in [0.2, 0.25) is 0 Å². The van der Waals surface area contributed by atoms with Crippen molar-refractivity contribution in [1.29, 1.82) is 0 Å². The van der Waals surface area contributed by atoms with Crippen molar-refractivity contribution in [3.63, 3.8) is 0 Å². The largest absolute Gasteiger partial charge is 0.269 e. The summed E-state index contributed by atoms with van der Waals surface area (Å²) >= 11 is 0. The Morgan fingerprint density at radius 1 is 1.21 bits per heavy atom. The van der Waals surface area contributed by atoms with Gasteiger partial charge in [0, 0.05) is 12.1 Å². The first-order valence-electron chi connectivity index (χ1n) is 6.68. The molecule has 0 aromatic heterocycles. The molecule has 3 aliphatic rings. The van der Waals surface area contributed by atoms with Crippen molar-refractivity contribution in [1.82, 2.24) is 0 Å². The Hall–Kier alpha value is -1.98. The van der Waals surface area contributed by atoms with E-state index >= 15 is 0 Å². The van der Waals surface area contributed by atoms with Gasteiger partial charge in [-0.15, -0.1) is 0 Å². The normalized spacial score (nSPS) is 34.8. The monoisotopic (exact) mass is 260 g/mol. The van der Waals surface area contributed by atoms with Crippen molar-refractivity contribution in [2.75, 3.05) is 5.01 Å². The predicted molar refractivity (Wildman–Crippen MR) is 68.8 cm³/mol. The van der Waals surface area contributed by atoms with Gasteiger partial charge in [-0.2, -0.15) is 5.11 Å². The zero-order valence-electron chi connectivity index (χ0n) is 10.3. The molecule has 1 aromatic carbocycles. The van der Waals surface area contributed by atoms with E-state index in [0.717, 1.165) is 5.69 Å². The molecule has 0 spiro atoms. The topological polar surface area (TPSA) is 71.1 Å². The molecular weight excluding hydrogens is 246 g/mol. The summed E-state index contributed by atoms with van der Waals surface area (Å²) in [6, 6.07) is 7.32. The van der Waals surface area contributed by atoms with Gasteiger partial charge < -0.3 is 0 Å². The molecule has 98 valence electrons. The molecule has 2 saturated carbocycles. The lowest BCUT2D eigenvalue weighted by Gasteiger charge is -2.28. The summed E-state index contributed by atoms with van der Waals surface area (Å²) in [4.78, 5) is 10.3. The van der Waals surface area contributed by atoms with Gasteiger partial charge in [0.15, 0.2) is 0 Å². The van der Waals surface area contributed by atoms with Crippen LogP contribution in [0.4, 0.5) is 11.4 Å². The molecule has 0 unspecified atom stereocenters. The van der Waals surface area contributed by atoms with Crippen LogP contribution >= 0.6 is 0 Å². The summed E-state index contributed by atoms with van der Waals surface area (Å²) in [6.07, 6.45) is 3.80. The molecule has 6 heteroatoms. The summed E-state index contributed by atoms with van der Waals surface area (Å²) in [5.41, 5.74) is 1.03. The molecule has 0 N–H and O–H groups in total. The summed E-state index contributed by atoms with van der Waals surface area (Å²) in [6.45, 7) is 0. The summed E-state index contributed by atoms with van der Waals surface area (Å²) in [5.74, 6) is 1.38. The minimum Gasteiger partial charge on any atom is -0.258 e. The number of nitro groups is 1. The highest BCUT2D eigenvalue weighted by atomic mass is 16.6. The van der Waals surface area contributed by atoms with Crippen molar-refractivity contribution < 1.29 is 4.92 Å². The maximum absolute atomic E-state index is 10.7. The SMILES string of the molecule is O=[N+]([O-])c1ccc(N2[15N]=[15N][C@@H]3[C@H]4CC[C@H](C4)[C@@H]32)cc1. The van der Waals surface area contributed by atoms with E-state index in [2.05, 4.69) is 10.3 Å². The van der Waals surface area contributed by atoms with Crippen LogP contribution in [-0.4, -0.2) is 17.0 Å². The van der Waals surface area contributed by atoms with E-state index in [4.69, 9.17) is 0 Å². The van der Waals surface area contributed by atoms with Crippen LogP contribution in [0.1, 0.15) is 19.3 Å². The average Bonchev–Trinajstić information content (AvgIpc) is 3.11. The lowest BCUT2D eigenvalue weighted by Crippen LogP contribution is -2.39. The highest BCUT2D eigenvalue weighted by Gasteiger charge is 2.53. The van der Waals surface area contributed by atoms with E-state index < -0.39 is 0 Å². The zero-order chi connectivity index (χ0) is 13.0. The van der Waals surface area contributed by atoms with Crippen LogP contribution in [0.15, 0.2) is 34.6 Å². The number of rotatable bonds is 2. The Labute approximate surface area is 110 Å². The number of nitrogens with zero attached hydrogens (tertiary/aromatic N) is 4. The van der Waals surface area contributed by atoms with Crippen molar-refractivity contribution in [2.45, 2.75) is 31.3 Å². The van der Waals surface area contributed by atoms with E-state index in [1.807, 2.05) is 5.01 Å². The van der Waals surface area contributed by atoms with Gasteiger partial charge in [0.05, 0.1) is 22.7 Å². The van der Waals surface area contributed by atoms with Crippen LogP contribution in [0.25, 0.3) is 0 Å². The number of nitro benzene ring substituents is 1. The first-order chi connectivity index (χ1) is 9.24. The quantitative estimate of drug-likeness (QED) is 0.466. The summed E-state index contributed by atoms with van der Waals surface area (Å²) < 4.78 is 0. The Morgan fingerprint density at radius 2 is 1.95 bits per heavy atom. The molecule has 0 radical (unpaired) electrons. The van der Waals surface area contributed by atoms with E-state index in [-0.39, 0.29) is 10.6 Å². The number of non-ortho nitro benzene ring substituents is 1. The smallest absolute Gasteiger partial charge is 0.258 e. The second-order valence-corrected chi connectivity index (χ2v) is 5.64. The van der Waals surface area contributed by atoms with Crippen molar-refractivity contribution >= 4 is 11.4 Å². The maximum atomic E-state index is 10.7. The fraction of sp³-hybridized carbons (Fsp3) is 0.538. The van der Waals surface area contributed by atoms with Gasteiger partial charge in [0.2, 0.25) is 0 Å². The van der Waals surface area contributed by atoms with Crippen LogP contribution in [0.5, 0.6) is 0 Å². The Bertz CT molecular complexity index is 556. The molecule has 0 saturated heterocycles. The fourth-order valence-electron chi connectivity index (χ4n) is 3.86. The molecule has 6 nitrogen and oxygen atoms in total. The van der Waals surface area contributed by atoms with E-state index in [9.17, 15) is 10.1 Å². The lowest BCUT2D eigenvalue weighted by atomic mass is 9.91. The van der Waals surface area contributed by atoms with Gasteiger partial charge in [-0.3, -0.25) is 10.1 Å². The van der Waals surface area contributed by atoms with Gasteiger partial charge in [0.1, 0.15) is 0 Å². The molecule has 2 bridgehead atoms. The highest BCUT2D eigenvalue weighted by molar-refractivity contribution is 5.52. The lowest BCUT2D eigenvalue weighted by molar-refractivity contribution is -0.384. The molecule has 4 rings (SSSR count). The van der Waals surface area contributed by atoms with Crippen LogP contribution in [-0.2, 0) is 0 Å². The molecule has 1 aromatic rings. The molecule has 19 heavy (non-hydrogen) atoms. The number of hydrogen-bond acceptors (Lipinski definition) is 5. The van der Waals surface area contributed by atoms with Crippen LogP contribution in [0, 0.1) is 22.0 Å². The number of anilines is 1. The van der Waals surface area contributed by atoms with Gasteiger partial charge in [-0.25, -0.2) is 5.01 Å². The van der Waals surface area contributed by atoms with E-state index in [1.165, 1.54) is 31.4 Å². The average molecular weight is 260 g/mol. The Kier molecular flexibility index (Phi) is 2.15. The number of benzene rings is 1. The van der Waals surface area contributed by atoms with Crippen LogP contribution < -0.4 is 5.01 Å². The summed E-state index contributed by atoms with van der Waals surface area (Å²) in [7, 11) is 0. The first-order valence-corrected chi connectivity index (χ1v) is 6.68. The Morgan fingerprint density at radius 3 is 2.68 bits per heavy atom. The molecule has 2 fully saturated rings. The second-order valence-electron chi connectivity index (χ2n) is 5.64. The molecule has 4 atom stereocenters.